The standard InChI is InChI=1S/C15H18ClN3O/c1-8-13(7-17)15(18-9(2)14(8)16)19-10-3-4-11(19)6-12(20)5-10/h10-12,20H,3-6H2,1-2H3. The zero-order chi connectivity index (χ0) is 14.4. The van der Waals surface area contributed by atoms with Gasteiger partial charge < -0.3 is 10.0 Å². The third-order valence-corrected chi connectivity index (χ3v) is 5.14. The van der Waals surface area contributed by atoms with E-state index >= 15 is 0 Å². The van der Waals surface area contributed by atoms with E-state index in [1.807, 2.05) is 13.8 Å². The monoisotopic (exact) mass is 291 g/mol. The molecule has 2 atom stereocenters. The molecule has 2 aliphatic rings. The fraction of sp³-hybridized carbons (Fsp3) is 0.600. The molecule has 3 rings (SSSR count). The molecule has 0 aliphatic carbocycles. The maximum absolute atomic E-state index is 9.90. The SMILES string of the molecule is Cc1nc(N2C3CCC2CC(O)C3)c(C#N)c(C)c1Cl. The Balaban J connectivity index is 2.10. The second-order valence-corrected chi connectivity index (χ2v) is 6.24. The second-order valence-electron chi connectivity index (χ2n) is 5.86. The van der Waals surface area contributed by atoms with E-state index in [-0.39, 0.29) is 6.10 Å². The van der Waals surface area contributed by atoms with Crippen LogP contribution in [-0.4, -0.2) is 28.3 Å². The summed E-state index contributed by atoms with van der Waals surface area (Å²) in [5.74, 6) is 0.756. The molecule has 2 aliphatic heterocycles. The Bertz CT molecular complexity index is 582. The predicted octanol–water partition coefficient (Wildman–Crippen LogP) is 2.72. The van der Waals surface area contributed by atoms with Crippen LogP contribution in [0.5, 0.6) is 0 Å². The molecule has 1 N–H and O–H groups in total. The summed E-state index contributed by atoms with van der Waals surface area (Å²) in [4.78, 5) is 6.84. The Morgan fingerprint density at radius 1 is 1.30 bits per heavy atom. The number of piperidine rings is 1. The van der Waals surface area contributed by atoms with Crippen molar-refractivity contribution >= 4 is 17.4 Å². The number of aliphatic hydroxyl groups excluding tert-OH is 1. The number of pyridine rings is 1. The van der Waals surface area contributed by atoms with Gasteiger partial charge in [0.25, 0.3) is 0 Å². The summed E-state index contributed by atoms with van der Waals surface area (Å²) < 4.78 is 0. The van der Waals surface area contributed by atoms with Gasteiger partial charge in [-0.1, -0.05) is 11.6 Å². The molecule has 0 radical (unpaired) electrons. The highest BCUT2D eigenvalue weighted by Gasteiger charge is 2.42. The molecule has 4 nitrogen and oxygen atoms in total. The second kappa shape index (κ2) is 4.91. The third kappa shape index (κ3) is 1.97. The van der Waals surface area contributed by atoms with Crippen LogP contribution in [-0.2, 0) is 0 Å². The maximum atomic E-state index is 9.90. The molecule has 0 saturated carbocycles. The normalized spacial score (nSPS) is 28.6. The molecule has 106 valence electrons. The molecule has 0 aromatic carbocycles. The van der Waals surface area contributed by atoms with Crippen LogP contribution >= 0.6 is 11.6 Å². The minimum absolute atomic E-state index is 0.219. The number of aliphatic hydroxyl groups is 1. The molecule has 1 aromatic rings. The van der Waals surface area contributed by atoms with Gasteiger partial charge in [-0.15, -0.1) is 0 Å². The largest absolute Gasteiger partial charge is 0.393 e. The summed E-state index contributed by atoms with van der Waals surface area (Å²) in [6, 6.07) is 2.85. The number of rotatable bonds is 1. The van der Waals surface area contributed by atoms with Crippen LogP contribution in [0.15, 0.2) is 0 Å². The van der Waals surface area contributed by atoms with Gasteiger partial charge in [0, 0.05) is 12.1 Å². The number of anilines is 1. The molecule has 3 heterocycles. The van der Waals surface area contributed by atoms with E-state index in [2.05, 4.69) is 16.0 Å². The molecule has 2 saturated heterocycles. The van der Waals surface area contributed by atoms with Crippen molar-refractivity contribution in [1.82, 2.24) is 4.98 Å². The van der Waals surface area contributed by atoms with Crippen molar-refractivity contribution in [2.75, 3.05) is 4.90 Å². The van der Waals surface area contributed by atoms with E-state index in [1.165, 1.54) is 0 Å². The van der Waals surface area contributed by atoms with Crippen LogP contribution in [0.25, 0.3) is 0 Å². The molecular formula is C15H18ClN3O. The Kier molecular flexibility index (Phi) is 3.35. The van der Waals surface area contributed by atoms with Gasteiger partial charge in [-0.25, -0.2) is 4.98 Å². The number of aromatic nitrogens is 1. The molecular weight excluding hydrogens is 274 g/mol. The Morgan fingerprint density at radius 2 is 1.90 bits per heavy atom. The minimum atomic E-state index is -0.219. The summed E-state index contributed by atoms with van der Waals surface area (Å²) in [6.07, 6.45) is 3.45. The van der Waals surface area contributed by atoms with Crippen molar-refractivity contribution in [3.63, 3.8) is 0 Å². The molecule has 0 amide bonds. The van der Waals surface area contributed by atoms with Gasteiger partial charge in [0.05, 0.1) is 22.4 Å². The summed E-state index contributed by atoms with van der Waals surface area (Å²) in [6.45, 7) is 3.75. The van der Waals surface area contributed by atoms with E-state index in [4.69, 9.17) is 11.6 Å². The average molecular weight is 292 g/mol. The lowest BCUT2D eigenvalue weighted by molar-refractivity contribution is 0.126. The fourth-order valence-electron chi connectivity index (χ4n) is 3.63. The van der Waals surface area contributed by atoms with Crippen molar-refractivity contribution in [3.8, 4) is 6.07 Å². The van der Waals surface area contributed by atoms with Crippen LogP contribution in [0.1, 0.15) is 42.5 Å². The van der Waals surface area contributed by atoms with Gasteiger partial charge in [0.15, 0.2) is 0 Å². The first kappa shape index (κ1) is 13.7. The van der Waals surface area contributed by atoms with Gasteiger partial charge in [0.2, 0.25) is 0 Å². The molecule has 2 bridgehead atoms. The van der Waals surface area contributed by atoms with Gasteiger partial charge in [0.1, 0.15) is 11.9 Å². The lowest BCUT2D eigenvalue weighted by Gasteiger charge is -2.38. The first-order valence-electron chi connectivity index (χ1n) is 7.06. The summed E-state index contributed by atoms with van der Waals surface area (Å²) in [5.41, 5.74) is 2.15. The highest BCUT2D eigenvalue weighted by molar-refractivity contribution is 6.32. The van der Waals surface area contributed by atoms with Gasteiger partial charge in [-0.05, 0) is 45.1 Å². The number of hydrogen-bond donors (Lipinski definition) is 1. The van der Waals surface area contributed by atoms with Crippen molar-refractivity contribution in [1.29, 1.82) is 5.26 Å². The van der Waals surface area contributed by atoms with Crippen LogP contribution in [0, 0.1) is 25.2 Å². The van der Waals surface area contributed by atoms with Crippen LogP contribution in [0.4, 0.5) is 5.82 Å². The zero-order valence-corrected chi connectivity index (χ0v) is 12.5. The smallest absolute Gasteiger partial charge is 0.147 e. The number of aryl methyl sites for hydroxylation is 1. The van der Waals surface area contributed by atoms with Crippen molar-refractivity contribution in [3.05, 3.63) is 21.8 Å². The maximum Gasteiger partial charge on any atom is 0.147 e. The van der Waals surface area contributed by atoms with Gasteiger partial charge in [-0.2, -0.15) is 5.26 Å². The third-order valence-electron chi connectivity index (χ3n) is 4.58. The van der Waals surface area contributed by atoms with Crippen molar-refractivity contribution in [2.24, 2.45) is 0 Å². The number of nitrogens with zero attached hydrogens (tertiary/aromatic N) is 3. The number of hydrogen-bond acceptors (Lipinski definition) is 4. The average Bonchev–Trinajstić information content (AvgIpc) is 2.67. The van der Waals surface area contributed by atoms with Crippen LogP contribution in [0.3, 0.4) is 0 Å². The molecule has 0 spiro atoms. The van der Waals surface area contributed by atoms with E-state index in [1.54, 1.807) is 0 Å². The topological polar surface area (TPSA) is 60.1 Å². The first-order chi connectivity index (χ1) is 9.52. The molecule has 5 heteroatoms. The lowest BCUT2D eigenvalue weighted by Crippen LogP contribution is -2.45. The van der Waals surface area contributed by atoms with Crippen molar-refractivity contribution < 1.29 is 5.11 Å². The van der Waals surface area contributed by atoms with Crippen molar-refractivity contribution in [2.45, 2.75) is 57.7 Å². The molecule has 20 heavy (non-hydrogen) atoms. The highest BCUT2D eigenvalue weighted by atomic mass is 35.5. The summed E-state index contributed by atoms with van der Waals surface area (Å²) in [5, 5.41) is 19.9. The van der Waals surface area contributed by atoms with Gasteiger partial charge in [-0.3, -0.25) is 0 Å². The molecule has 2 fully saturated rings. The zero-order valence-electron chi connectivity index (χ0n) is 11.7. The number of nitriles is 1. The van der Waals surface area contributed by atoms with Crippen LogP contribution in [0.2, 0.25) is 5.02 Å². The molecule has 2 unspecified atom stereocenters. The quantitative estimate of drug-likeness (QED) is 0.864. The Hall–Kier alpha value is -1.31. The van der Waals surface area contributed by atoms with Gasteiger partial charge >= 0.3 is 0 Å². The van der Waals surface area contributed by atoms with E-state index in [0.29, 0.717) is 22.7 Å². The van der Waals surface area contributed by atoms with E-state index < -0.39 is 0 Å². The predicted molar refractivity (Wildman–Crippen MR) is 78.0 cm³/mol. The minimum Gasteiger partial charge on any atom is -0.393 e. The Labute approximate surface area is 124 Å². The first-order valence-corrected chi connectivity index (χ1v) is 7.44. The lowest BCUT2D eigenvalue weighted by atomic mass is 9.98. The number of halogens is 1. The van der Waals surface area contributed by atoms with Crippen LogP contribution < -0.4 is 4.90 Å². The number of fused-ring (bicyclic) bond motifs is 2. The van der Waals surface area contributed by atoms with E-state index in [0.717, 1.165) is 42.8 Å². The highest BCUT2D eigenvalue weighted by Crippen LogP contribution is 2.41. The fourth-order valence-corrected chi connectivity index (χ4v) is 3.76. The Morgan fingerprint density at radius 3 is 2.45 bits per heavy atom. The molecule has 1 aromatic heterocycles. The summed E-state index contributed by atoms with van der Waals surface area (Å²) in [7, 11) is 0. The van der Waals surface area contributed by atoms with E-state index in [9.17, 15) is 10.4 Å². The summed E-state index contributed by atoms with van der Waals surface area (Å²) >= 11 is 6.21.